The third-order valence-corrected chi connectivity index (χ3v) is 5.19. The second kappa shape index (κ2) is 9.36. The van der Waals surface area contributed by atoms with Crippen molar-refractivity contribution in [1.29, 1.82) is 5.26 Å². The summed E-state index contributed by atoms with van der Waals surface area (Å²) in [6.07, 6.45) is 2.34. The van der Waals surface area contributed by atoms with Crippen molar-refractivity contribution in [3.63, 3.8) is 0 Å². The standard InChI is InChI=1S/C18H32N4O2/c1-15(2)17(11-19)21-7-9-22(10-8-21)18(23)13-20-6-4-5-16(12-20)14-24-3/h15-17H,4-10,12-14H2,1-3H3/t16-,17-/m0/s1. The highest BCUT2D eigenvalue weighted by Gasteiger charge is 2.29. The van der Waals surface area contributed by atoms with Crippen molar-refractivity contribution in [2.75, 3.05) is 59.5 Å². The van der Waals surface area contributed by atoms with Crippen LogP contribution in [0.15, 0.2) is 0 Å². The predicted octanol–water partition coefficient (Wildman–Crippen LogP) is 1.04. The van der Waals surface area contributed by atoms with E-state index in [0.717, 1.165) is 52.3 Å². The maximum absolute atomic E-state index is 12.6. The van der Waals surface area contributed by atoms with Crippen LogP contribution < -0.4 is 0 Å². The first kappa shape index (κ1) is 19.2. The number of piperidine rings is 1. The van der Waals surface area contributed by atoms with Gasteiger partial charge in [0.05, 0.1) is 19.2 Å². The maximum atomic E-state index is 12.6. The van der Waals surface area contributed by atoms with Crippen LogP contribution in [0.5, 0.6) is 0 Å². The molecule has 1 amide bonds. The van der Waals surface area contributed by atoms with Crippen LogP contribution in [0.1, 0.15) is 26.7 Å². The molecule has 0 unspecified atom stereocenters. The number of nitrogens with zero attached hydrogens (tertiary/aromatic N) is 4. The van der Waals surface area contributed by atoms with Crippen LogP contribution in [0, 0.1) is 23.2 Å². The van der Waals surface area contributed by atoms with E-state index in [9.17, 15) is 10.1 Å². The third-order valence-electron chi connectivity index (χ3n) is 5.19. The van der Waals surface area contributed by atoms with E-state index in [-0.39, 0.29) is 11.9 Å². The van der Waals surface area contributed by atoms with Gasteiger partial charge in [-0.15, -0.1) is 0 Å². The first-order valence-electron chi connectivity index (χ1n) is 9.18. The lowest BCUT2D eigenvalue weighted by atomic mass is 9.99. The van der Waals surface area contributed by atoms with Gasteiger partial charge < -0.3 is 9.64 Å². The molecule has 2 aliphatic rings. The van der Waals surface area contributed by atoms with Crippen LogP contribution in [-0.4, -0.2) is 86.2 Å². The number of hydrogen-bond acceptors (Lipinski definition) is 5. The lowest BCUT2D eigenvalue weighted by molar-refractivity contribution is -0.135. The molecule has 0 aromatic carbocycles. The van der Waals surface area contributed by atoms with Crippen molar-refractivity contribution in [2.45, 2.75) is 32.7 Å². The Morgan fingerprint density at radius 1 is 1.25 bits per heavy atom. The molecule has 0 saturated carbocycles. The van der Waals surface area contributed by atoms with Gasteiger partial charge in [-0.2, -0.15) is 5.26 Å². The molecule has 0 aromatic rings. The summed E-state index contributed by atoms with van der Waals surface area (Å²) < 4.78 is 5.26. The Morgan fingerprint density at radius 2 is 1.96 bits per heavy atom. The number of carbonyl (C=O) groups excluding carboxylic acids is 1. The maximum Gasteiger partial charge on any atom is 0.236 e. The molecule has 6 nitrogen and oxygen atoms in total. The summed E-state index contributed by atoms with van der Waals surface area (Å²) in [5.74, 6) is 1.10. The van der Waals surface area contributed by atoms with Gasteiger partial charge >= 0.3 is 0 Å². The molecule has 0 aromatic heterocycles. The quantitative estimate of drug-likeness (QED) is 0.725. The Kier molecular flexibility index (Phi) is 7.47. The predicted molar refractivity (Wildman–Crippen MR) is 93.4 cm³/mol. The van der Waals surface area contributed by atoms with Gasteiger partial charge in [0, 0.05) is 39.8 Å². The van der Waals surface area contributed by atoms with Crippen molar-refractivity contribution in [1.82, 2.24) is 14.7 Å². The molecular formula is C18H32N4O2. The van der Waals surface area contributed by atoms with E-state index in [2.05, 4.69) is 29.7 Å². The SMILES string of the molecule is COC[C@H]1CCCN(CC(=O)N2CCN([C@@H](C#N)C(C)C)CC2)C1. The van der Waals surface area contributed by atoms with Gasteiger partial charge in [-0.3, -0.25) is 14.6 Å². The van der Waals surface area contributed by atoms with Crippen molar-refractivity contribution >= 4 is 5.91 Å². The third kappa shape index (κ3) is 5.17. The molecule has 2 fully saturated rings. The molecule has 6 heteroatoms. The van der Waals surface area contributed by atoms with Gasteiger partial charge in [0.1, 0.15) is 6.04 Å². The fourth-order valence-corrected chi connectivity index (χ4v) is 3.86. The Morgan fingerprint density at radius 3 is 2.54 bits per heavy atom. The Bertz CT molecular complexity index is 439. The fourth-order valence-electron chi connectivity index (χ4n) is 3.86. The summed E-state index contributed by atoms with van der Waals surface area (Å²) in [5, 5.41) is 9.32. The lowest BCUT2D eigenvalue weighted by Gasteiger charge is -2.39. The molecule has 2 heterocycles. The molecule has 24 heavy (non-hydrogen) atoms. The first-order valence-corrected chi connectivity index (χ1v) is 9.18. The summed E-state index contributed by atoms with van der Waals surface area (Å²) in [6.45, 7) is 10.5. The van der Waals surface area contributed by atoms with E-state index in [1.165, 1.54) is 6.42 Å². The van der Waals surface area contributed by atoms with Crippen LogP contribution in [-0.2, 0) is 9.53 Å². The topological polar surface area (TPSA) is 59.8 Å². The zero-order chi connectivity index (χ0) is 17.5. The number of likely N-dealkylation sites (tertiary alicyclic amines) is 1. The number of piperazine rings is 1. The number of hydrogen-bond donors (Lipinski definition) is 0. The molecule has 136 valence electrons. The average Bonchev–Trinajstić information content (AvgIpc) is 2.56. The molecule has 0 N–H and O–H groups in total. The van der Waals surface area contributed by atoms with E-state index in [0.29, 0.717) is 18.4 Å². The Hall–Kier alpha value is -1.16. The highest BCUT2D eigenvalue weighted by molar-refractivity contribution is 5.78. The van der Waals surface area contributed by atoms with Crippen molar-refractivity contribution in [2.24, 2.45) is 11.8 Å². The second-order valence-electron chi connectivity index (χ2n) is 7.43. The Balaban J connectivity index is 1.77. The molecule has 2 atom stereocenters. The average molecular weight is 336 g/mol. The molecule has 0 spiro atoms. The van der Waals surface area contributed by atoms with Gasteiger partial charge in [0.25, 0.3) is 0 Å². The highest BCUT2D eigenvalue weighted by Crippen LogP contribution is 2.17. The summed E-state index contributed by atoms with van der Waals surface area (Å²) in [7, 11) is 1.75. The molecule has 2 saturated heterocycles. The number of ether oxygens (including phenoxy) is 1. The van der Waals surface area contributed by atoms with Crippen molar-refractivity contribution in [3.05, 3.63) is 0 Å². The van der Waals surface area contributed by atoms with Crippen molar-refractivity contribution in [3.8, 4) is 6.07 Å². The summed E-state index contributed by atoms with van der Waals surface area (Å²) >= 11 is 0. The van der Waals surface area contributed by atoms with Crippen LogP contribution in [0.2, 0.25) is 0 Å². The zero-order valence-electron chi connectivity index (χ0n) is 15.4. The monoisotopic (exact) mass is 336 g/mol. The summed E-state index contributed by atoms with van der Waals surface area (Å²) in [6, 6.07) is 2.36. The van der Waals surface area contributed by atoms with E-state index < -0.39 is 0 Å². The van der Waals surface area contributed by atoms with Crippen LogP contribution >= 0.6 is 0 Å². The fraction of sp³-hybridized carbons (Fsp3) is 0.889. The first-order chi connectivity index (χ1) is 11.5. The number of methoxy groups -OCH3 is 1. The molecular weight excluding hydrogens is 304 g/mol. The molecule has 0 bridgehead atoms. The number of nitriles is 1. The van der Waals surface area contributed by atoms with Crippen LogP contribution in [0.3, 0.4) is 0 Å². The number of amides is 1. The van der Waals surface area contributed by atoms with Gasteiger partial charge in [-0.25, -0.2) is 0 Å². The zero-order valence-corrected chi connectivity index (χ0v) is 15.4. The lowest BCUT2D eigenvalue weighted by Crippen LogP contribution is -2.54. The second-order valence-corrected chi connectivity index (χ2v) is 7.43. The minimum absolute atomic E-state index is 0.0425. The number of rotatable bonds is 6. The van der Waals surface area contributed by atoms with E-state index in [1.807, 2.05) is 4.90 Å². The molecule has 2 aliphatic heterocycles. The minimum Gasteiger partial charge on any atom is -0.384 e. The van der Waals surface area contributed by atoms with E-state index in [1.54, 1.807) is 7.11 Å². The summed E-state index contributed by atoms with van der Waals surface area (Å²) in [4.78, 5) is 19.0. The van der Waals surface area contributed by atoms with Gasteiger partial charge in [0.15, 0.2) is 0 Å². The van der Waals surface area contributed by atoms with Gasteiger partial charge in [0.2, 0.25) is 5.91 Å². The highest BCUT2D eigenvalue weighted by atomic mass is 16.5. The molecule has 0 aliphatic carbocycles. The molecule has 2 rings (SSSR count). The van der Waals surface area contributed by atoms with Gasteiger partial charge in [-0.1, -0.05) is 13.8 Å². The smallest absolute Gasteiger partial charge is 0.236 e. The minimum atomic E-state index is -0.0425. The van der Waals surface area contributed by atoms with Gasteiger partial charge in [-0.05, 0) is 31.2 Å². The molecule has 0 radical (unpaired) electrons. The normalized spacial score (nSPS) is 24.8. The van der Waals surface area contributed by atoms with Crippen molar-refractivity contribution < 1.29 is 9.53 Å². The Labute approximate surface area is 146 Å². The number of carbonyl (C=O) groups is 1. The van der Waals surface area contributed by atoms with E-state index in [4.69, 9.17) is 4.74 Å². The summed E-state index contributed by atoms with van der Waals surface area (Å²) in [5.41, 5.74) is 0. The largest absolute Gasteiger partial charge is 0.384 e. The van der Waals surface area contributed by atoms with Crippen LogP contribution in [0.25, 0.3) is 0 Å². The van der Waals surface area contributed by atoms with Crippen LogP contribution in [0.4, 0.5) is 0 Å². The van der Waals surface area contributed by atoms with E-state index >= 15 is 0 Å².